The normalized spacial score (nSPS) is 11.0. The maximum atomic E-state index is 4.64. The van der Waals surface area contributed by atoms with Crippen LogP contribution in [0.25, 0.3) is 11.0 Å². The van der Waals surface area contributed by atoms with Gasteiger partial charge < -0.3 is 5.32 Å². The summed E-state index contributed by atoms with van der Waals surface area (Å²) in [6.45, 7) is 4.97. The molecule has 1 aromatic carbocycles. The molecular formula is C16H18N4S. The van der Waals surface area contributed by atoms with Gasteiger partial charge in [-0.25, -0.2) is 15.0 Å². The van der Waals surface area contributed by atoms with Gasteiger partial charge in [-0.2, -0.15) is 0 Å². The molecule has 108 valence electrons. The standard InChI is InChI=1S/C16H18N4S/c1-3-12-10-18-15(21-12)8-9-17-16-11(2)19-13-6-4-5-7-14(13)20-16/h4-7,10H,3,8-9H2,1-2H3,(H,17,20). The third kappa shape index (κ3) is 3.19. The lowest BCUT2D eigenvalue weighted by molar-refractivity contribution is 0.979. The Balaban J connectivity index is 1.68. The number of nitrogens with one attached hydrogen (secondary N) is 1. The average molecular weight is 298 g/mol. The molecule has 0 amide bonds. The van der Waals surface area contributed by atoms with Crippen molar-refractivity contribution in [3.05, 3.63) is 46.0 Å². The zero-order valence-corrected chi connectivity index (χ0v) is 13.1. The van der Waals surface area contributed by atoms with Crippen LogP contribution in [0.3, 0.4) is 0 Å². The van der Waals surface area contributed by atoms with E-state index in [-0.39, 0.29) is 0 Å². The number of hydrogen-bond donors (Lipinski definition) is 1. The number of rotatable bonds is 5. The number of thiazole rings is 1. The van der Waals surface area contributed by atoms with Gasteiger partial charge >= 0.3 is 0 Å². The summed E-state index contributed by atoms with van der Waals surface area (Å²) in [7, 11) is 0. The summed E-state index contributed by atoms with van der Waals surface area (Å²) in [5.41, 5.74) is 2.79. The summed E-state index contributed by atoms with van der Waals surface area (Å²) in [5, 5.41) is 4.55. The van der Waals surface area contributed by atoms with Gasteiger partial charge in [0.1, 0.15) is 5.82 Å². The molecule has 0 bridgehead atoms. The zero-order chi connectivity index (χ0) is 14.7. The Morgan fingerprint density at radius 3 is 2.62 bits per heavy atom. The summed E-state index contributed by atoms with van der Waals surface area (Å²) in [4.78, 5) is 15.0. The Morgan fingerprint density at radius 2 is 1.90 bits per heavy atom. The molecule has 2 heterocycles. The summed E-state index contributed by atoms with van der Waals surface area (Å²) in [6.07, 6.45) is 3.94. The average Bonchev–Trinajstić information content (AvgIpc) is 2.96. The van der Waals surface area contributed by atoms with Crippen molar-refractivity contribution >= 4 is 28.2 Å². The summed E-state index contributed by atoms with van der Waals surface area (Å²) in [6, 6.07) is 7.94. The fourth-order valence-corrected chi connectivity index (χ4v) is 3.03. The molecular weight excluding hydrogens is 280 g/mol. The topological polar surface area (TPSA) is 50.7 Å². The molecule has 0 atom stereocenters. The largest absolute Gasteiger partial charge is 0.368 e. The molecule has 0 unspecified atom stereocenters. The molecule has 1 N–H and O–H groups in total. The lowest BCUT2D eigenvalue weighted by atomic mass is 10.3. The minimum atomic E-state index is 0.824. The molecule has 0 aliphatic rings. The van der Waals surface area contributed by atoms with E-state index in [4.69, 9.17) is 0 Å². The Labute approximate surface area is 128 Å². The van der Waals surface area contributed by atoms with Crippen LogP contribution in [0.2, 0.25) is 0 Å². The van der Waals surface area contributed by atoms with Gasteiger partial charge in [-0.15, -0.1) is 11.3 Å². The Kier molecular flexibility index (Phi) is 4.10. The molecule has 3 aromatic rings. The monoisotopic (exact) mass is 298 g/mol. The van der Waals surface area contributed by atoms with Crippen LogP contribution in [-0.4, -0.2) is 21.5 Å². The van der Waals surface area contributed by atoms with Crippen LogP contribution in [0.1, 0.15) is 22.5 Å². The Hall–Kier alpha value is -2.01. The maximum Gasteiger partial charge on any atom is 0.148 e. The highest BCUT2D eigenvalue weighted by Crippen LogP contribution is 2.17. The van der Waals surface area contributed by atoms with Gasteiger partial charge in [-0.05, 0) is 25.5 Å². The second-order valence-corrected chi connectivity index (χ2v) is 6.10. The van der Waals surface area contributed by atoms with Crippen molar-refractivity contribution < 1.29 is 0 Å². The lowest BCUT2D eigenvalue weighted by Crippen LogP contribution is -2.08. The fourth-order valence-electron chi connectivity index (χ4n) is 2.17. The number of fused-ring (bicyclic) bond motifs is 1. The predicted molar refractivity (Wildman–Crippen MR) is 88.0 cm³/mol. The SMILES string of the molecule is CCc1cnc(CCNc2nc3ccccc3nc2C)s1. The van der Waals surface area contributed by atoms with Gasteiger partial charge in [0.05, 0.1) is 21.7 Å². The quantitative estimate of drug-likeness (QED) is 0.781. The van der Waals surface area contributed by atoms with E-state index >= 15 is 0 Å². The molecule has 0 aliphatic carbocycles. The number of aryl methyl sites for hydroxylation is 2. The number of aromatic nitrogens is 3. The van der Waals surface area contributed by atoms with E-state index < -0.39 is 0 Å². The first-order chi connectivity index (χ1) is 10.3. The van der Waals surface area contributed by atoms with Crippen molar-refractivity contribution in [1.82, 2.24) is 15.0 Å². The van der Waals surface area contributed by atoms with Gasteiger partial charge in [0, 0.05) is 24.0 Å². The molecule has 4 nitrogen and oxygen atoms in total. The van der Waals surface area contributed by atoms with Gasteiger partial charge in [0.15, 0.2) is 0 Å². The van der Waals surface area contributed by atoms with Gasteiger partial charge in [0.25, 0.3) is 0 Å². The highest BCUT2D eigenvalue weighted by molar-refractivity contribution is 7.11. The predicted octanol–water partition coefficient (Wildman–Crippen LogP) is 3.61. The number of para-hydroxylation sites is 2. The second kappa shape index (κ2) is 6.18. The van der Waals surface area contributed by atoms with Crippen molar-refractivity contribution in [2.24, 2.45) is 0 Å². The van der Waals surface area contributed by atoms with Crippen molar-refractivity contribution in [2.45, 2.75) is 26.7 Å². The van der Waals surface area contributed by atoms with Crippen molar-refractivity contribution in [3.8, 4) is 0 Å². The molecule has 0 saturated heterocycles. The van der Waals surface area contributed by atoms with E-state index in [1.807, 2.05) is 37.4 Å². The second-order valence-electron chi connectivity index (χ2n) is 4.90. The highest BCUT2D eigenvalue weighted by Gasteiger charge is 2.05. The Morgan fingerprint density at radius 1 is 1.14 bits per heavy atom. The van der Waals surface area contributed by atoms with Crippen LogP contribution in [0.15, 0.2) is 30.5 Å². The smallest absolute Gasteiger partial charge is 0.148 e. The molecule has 0 spiro atoms. The first-order valence-corrected chi connectivity index (χ1v) is 7.98. The number of hydrogen-bond acceptors (Lipinski definition) is 5. The number of anilines is 1. The van der Waals surface area contributed by atoms with Crippen LogP contribution in [-0.2, 0) is 12.8 Å². The summed E-state index contributed by atoms with van der Waals surface area (Å²) < 4.78 is 0. The van der Waals surface area contributed by atoms with Gasteiger partial charge in [-0.3, -0.25) is 0 Å². The van der Waals surface area contributed by atoms with Crippen molar-refractivity contribution in [3.63, 3.8) is 0 Å². The van der Waals surface area contributed by atoms with Crippen LogP contribution >= 0.6 is 11.3 Å². The van der Waals surface area contributed by atoms with Crippen LogP contribution in [0.5, 0.6) is 0 Å². The summed E-state index contributed by atoms with van der Waals surface area (Å²) >= 11 is 1.79. The van der Waals surface area contributed by atoms with Gasteiger partial charge in [-0.1, -0.05) is 19.1 Å². The molecule has 0 fully saturated rings. The Bertz CT molecular complexity index is 751. The molecule has 3 rings (SSSR count). The molecule has 2 aromatic heterocycles. The highest BCUT2D eigenvalue weighted by atomic mass is 32.1. The van der Waals surface area contributed by atoms with Crippen LogP contribution < -0.4 is 5.32 Å². The number of benzene rings is 1. The molecule has 5 heteroatoms. The van der Waals surface area contributed by atoms with Crippen LogP contribution in [0.4, 0.5) is 5.82 Å². The minimum absolute atomic E-state index is 0.824. The fraction of sp³-hybridized carbons (Fsp3) is 0.312. The van der Waals surface area contributed by atoms with Gasteiger partial charge in [0.2, 0.25) is 0 Å². The minimum Gasteiger partial charge on any atom is -0.368 e. The van der Waals surface area contributed by atoms with Crippen molar-refractivity contribution in [1.29, 1.82) is 0 Å². The molecule has 0 radical (unpaired) electrons. The zero-order valence-electron chi connectivity index (χ0n) is 12.3. The van der Waals surface area contributed by atoms with Crippen LogP contribution in [0, 0.1) is 6.92 Å². The third-order valence-corrected chi connectivity index (χ3v) is 4.53. The van der Waals surface area contributed by atoms with E-state index in [0.29, 0.717) is 0 Å². The van der Waals surface area contributed by atoms with E-state index in [1.165, 1.54) is 9.88 Å². The van der Waals surface area contributed by atoms with E-state index in [1.54, 1.807) is 11.3 Å². The van der Waals surface area contributed by atoms with E-state index in [0.717, 1.165) is 41.9 Å². The van der Waals surface area contributed by atoms with Crippen molar-refractivity contribution in [2.75, 3.05) is 11.9 Å². The molecule has 21 heavy (non-hydrogen) atoms. The summed E-state index contributed by atoms with van der Waals surface area (Å²) in [5.74, 6) is 0.862. The third-order valence-electron chi connectivity index (χ3n) is 3.33. The number of nitrogens with zero attached hydrogens (tertiary/aromatic N) is 3. The van der Waals surface area contributed by atoms with E-state index in [2.05, 4.69) is 27.2 Å². The maximum absolute atomic E-state index is 4.64. The molecule has 0 saturated carbocycles. The lowest BCUT2D eigenvalue weighted by Gasteiger charge is -2.08. The molecule has 0 aliphatic heterocycles. The first kappa shape index (κ1) is 13.9. The first-order valence-electron chi connectivity index (χ1n) is 7.17. The van der Waals surface area contributed by atoms with E-state index in [9.17, 15) is 0 Å².